The fraction of sp³-hybridized carbons (Fsp3) is 0.560. The standard InChI is InChI=1S/C25H36N4O3S/c1-25(2,3)32-24(31)29(15-18-9-7-6-8-10-18)16-22(30)26-20-13-11-19(12-14-20)21-17-33-23(27-21)28(4)5/h11-14,17-18H,6-10,15-16H2,1-5H3,(H,26,30). The molecule has 1 aromatic heterocycles. The molecule has 1 saturated carbocycles. The number of thiazole rings is 1. The predicted molar refractivity (Wildman–Crippen MR) is 135 cm³/mol. The summed E-state index contributed by atoms with van der Waals surface area (Å²) in [6.07, 6.45) is 5.36. The van der Waals surface area contributed by atoms with Crippen LogP contribution in [0.1, 0.15) is 52.9 Å². The van der Waals surface area contributed by atoms with Gasteiger partial charge in [-0.1, -0.05) is 31.4 Å². The number of carbonyl (C=O) groups excluding carboxylic acids is 2. The number of benzene rings is 1. The molecule has 0 bridgehead atoms. The molecule has 180 valence electrons. The number of carbonyl (C=O) groups is 2. The Morgan fingerprint density at radius 2 is 1.79 bits per heavy atom. The average Bonchev–Trinajstić information content (AvgIpc) is 3.24. The van der Waals surface area contributed by atoms with Crippen LogP contribution in [0.15, 0.2) is 29.6 Å². The predicted octanol–water partition coefficient (Wildman–Crippen LogP) is 5.63. The van der Waals surface area contributed by atoms with Gasteiger partial charge >= 0.3 is 6.09 Å². The van der Waals surface area contributed by atoms with E-state index in [9.17, 15) is 9.59 Å². The lowest BCUT2D eigenvalue weighted by Crippen LogP contribution is -2.44. The molecule has 0 unspecified atom stereocenters. The Morgan fingerprint density at radius 1 is 1.12 bits per heavy atom. The smallest absolute Gasteiger partial charge is 0.410 e. The number of aromatic nitrogens is 1. The molecule has 2 amide bonds. The van der Waals surface area contributed by atoms with Crippen molar-refractivity contribution in [2.24, 2.45) is 5.92 Å². The van der Waals surface area contributed by atoms with Gasteiger partial charge in [-0.15, -0.1) is 11.3 Å². The molecule has 1 aliphatic carbocycles. The molecule has 0 radical (unpaired) electrons. The highest BCUT2D eigenvalue weighted by molar-refractivity contribution is 7.14. The van der Waals surface area contributed by atoms with Crippen molar-refractivity contribution < 1.29 is 14.3 Å². The Morgan fingerprint density at radius 3 is 2.36 bits per heavy atom. The van der Waals surface area contributed by atoms with Crippen molar-refractivity contribution in [2.75, 3.05) is 37.4 Å². The first-order chi connectivity index (χ1) is 15.6. The van der Waals surface area contributed by atoms with Crippen LogP contribution >= 0.6 is 11.3 Å². The van der Waals surface area contributed by atoms with Crippen LogP contribution in [0.4, 0.5) is 15.6 Å². The zero-order valence-electron chi connectivity index (χ0n) is 20.4. The Bertz CT molecular complexity index is 928. The molecule has 0 spiro atoms. The van der Waals surface area contributed by atoms with Gasteiger partial charge in [0.05, 0.1) is 5.69 Å². The van der Waals surface area contributed by atoms with Gasteiger partial charge in [0.25, 0.3) is 0 Å². The Kier molecular flexibility index (Phi) is 8.35. The maximum Gasteiger partial charge on any atom is 0.410 e. The quantitative estimate of drug-likeness (QED) is 0.565. The van der Waals surface area contributed by atoms with Gasteiger partial charge in [-0.3, -0.25) is 9.69 Å². The summed E-state index contributed by atoms with van der Waals surface area (Å²) in [4.78, 5) is 33.7. The molecular weight excluding hydrogens is 436 g/mol. The van der Waals surface area contributed by atoms with E-state index in [-0.39, 0.29) is 12.5 Å². The summed E-state index contributed by atoms with van der Waals surface area (Å²) in [7, 11) is 3.94. The summed E-state index contributed by atoms with van der Waals surface area (Å²) in [6, 6.07) is 7.61. The van der Waals surface area contributed by atoms with Gasteiger partial charge in [0.2, 0.25) is 5.91 Å². The van der Waals surface area contributed by atoms with Crippen molar-refractivity contribution in [1.82, 2.24) is 9.88 Å². The summed E-state index contributed by atoms with van der Waals surface area (Å²) in [5.41, 5.74) is 1.99. The topological polar surface area (TPSA) is 74.8 Å². The molecule has 33 heavy (non-hydrogen) atoms. The molecular formula is C25H36N4O3S. The minimum atomic E-state index is -0.601. The summed E-state index contributed by atoms with van der Waals surface area (Å²) >= 11 is 1.59. The van der Waals surface area contributed by atoms with Crippen molar-refractivity contribution in [3.63, 3.8) is 0 Å². The summed E-state index contributed by atoms with van der Waals surface area (Å²) in [5, 5.41) is 5.88. The lowest BCUT2D eigenvalue weighted by Gasteiger charge is -2.31. The van der Waals surface area contributed by atoms with E-state index in [0.717, 1.165) is 29.2 Å². The molecule has 1 aromatic carbocycles. The molecule has 1 heterocycles. The Labute approximate surface area is 201 Å². The molecule has 1 fully saturated rings. The van der Waals surface area contributed by atoms with Crippen LogP contribution in [-0.4, -0.2) is 54.7 Å². The molecule has 1 N–H and O–H groups in total. The number of amides is 2. The number of rotatable bonds is 7. The van der Waals surface area contributed by atoms with E-state index < -0.39 is 11.7 Å². The van der Waals surface area contributed by atoms with Gasteiger partial charge in [-0.05, 0) is 51.7 Å². The highest BCUT2D eigenvalue weighted by Gasteiger charge is 2.27. The average molecular weight is 473 g/mol. The maximum atomic E-state index is 12.8. The van der Waals surface area contributed by atoms with Crippen molar-refractivity contribution in [3.05, 3.63) is 29.6 Å². The third kappa shape index (κ3) is 7.74. The third-order valence-electron chi connectivity index (χ3n) is 5.53. The number of ether oxygens (including phenoxy) is 1. The second-order valence-corrected chi connectivity index (χ2v) is 10.7. The molecule has 0 saturated heterocycles. The lowest BCUT2D eigenvalue weighted by atomic mass is 9.89. The van der Waals surface area contributed by atoms with Crippen molar-refractivity contribution >= 4 is 34.2 Å². The van der Waals surface area contributed by atoms with Gasteiger partial charge in [0, 0.05) is 37.3 Å². The van der Waals surface area contributed by atoms with Crippen LogP contribution < -0.4 is 10.2 Å². The first-order valence-electron chi connectivity index (χ1n) is 11.6. The fourth-order valence-electron chi connectivity index (χ4n) is 3.91. The van der Waals surface area contributed by atoms with Gasteiger partial charge in [0.1, 0.15) is 12.1 Å². The van der Waals surface area contributed by atoms with E-state index in [1.54, 1.807) is 16.2 Å². The largest absolute Gasteiger partial charge is 0.444 e. The summed E-state index contributed by atoms with van der Waals surface area (Å²) in [6.45, 7) is 6.06. The van der Waals surface area contributed by atoms with Crippen LogP contribution in [0.5, 0.6) is 0 Å². The highest BCUT2D eigenvalue weighted by atomic mass is 32.1. The van der Waals surface area contributed by atoms with Crippen LogP contribution in [-0.2, 0) is 9.53 Å². The second kappa shape index (κ2) is 11.0. The zero-order chi connectivity index (χ0) is 24.0. The number of hydrogen-bond acceptors (Lipinski definition) is 6. The molecule has 1 aliphatic rings. The Hall–Kier alpha value is -2.61. The van der Waals surface area contributed by atoms with Crippen molar-refractivity contribution in [1.29, 1.82) is 0 Å². The summed E-state index contributed by atoms with van der Waals surface area (Å²) < 4.78 is 5.57. The van der Waals surface area contributed by atoms with Crippen LogP contribution in [0.2, 0.25) is 0 Å². The fourth-order valence-corrected chi connectivity index (χ4v) is 4.68. The third-order valence-corrected chi connectivity index (χ3v) is 6.54. The minimum absolute atomic E-state index is 0.0224. The monoisotopic (exact) mass is 472 g/mol. The first kappa shape index (κ1) is 25.0. The minimum Gasteiger partial charge on any atom is -0.444 e. The first-order valence-corrected chi connectivity index (χ1v) is 12.5. The van der Waals surface area contributed by atoms with Crippen molar-refractivity contribution in [3.8, 4) is 11.3 Å². The molecule has 0 atom stereocenters. The van der Waals surface area contributed by atoms with Crippen molar-refractivity contribution in [2.45, 2.75) is 58.5 Å². The number of anilines is 2. The number of nitrogens with zero attached hydrogens (tertiary/aromatic N) is 3. The molecule has 2 aromatic rings. The van der Waals surface area contributed by atoms with E-state index in [2.05, 4.69) is 10.3 Å². The van der Waals surface area contributed by atoms with Crippen LogP contribution in [0.3, 0.4) is 0 Å². The van der Waals surface area contributed by atoms with Crippen LogP contribution in [0.25, 0.3) is 11.3 Å². The summed E-state index contributed by atoms with van der Waals surface area (Å²) in [5.74, 6) is 0.191. The van der Waals surface area contributed by atoms with Gasteiger partial charge < -0.3 is 15.0 Å². The normalized spacial score (nSPS) is 14.6. The van der Waals surface area contributed by atoms with E-state index >= 15 is 0 Å². The number of nitrogens with one attached hydrogen (secondary N) is 1. The number of hydrogen-bond donors (Lipinski definition) is 1. The highest BCUT2D eigenvalue weighted by Crippen LogP contribution is 2.28. The van der Waals surface area contributed by atoms with Gasteiger partial charge in [-0.25, -0.2) is 9.78 Å². The molecule has 8 heteroatoms. The van der Waals surface area contributed by atoms with Crippen LogP contribution in [0, 0.1) is 5.92 Å². The van der Waals surface area contributed by atoms with Gasteiger partial charge in [-0.2, -0.15) is 0 Å². The lowest BCUT2D eigenvalue weighted by molar-refractivity contribution is -0.117. The second-order valence-electron chi connectivity index (χ2n) is 9.90. The van der Waals surface area contributed by atoms with E-state index in [1.807, 2.05) is 69.4 Å². The Balaban J connectivity index is 1.62. The molecule has 3 rings (SSSR count). The maximum absolute atomic E-state index is 12.8. The van der Waals surface area contributed by atoms with Gasteiger partial charge in [0.15, 0.2) is 5.13 Å². The zero-order valence-corrected chi connectivity index (χ0v) is 21.2. The molecule has 7 nitrogen and oxygen atoms in total. The van der Waals surface area contributed by atoms with E-state index in [1.165, 1.54) is 19.3 Å². The molecule has 0 aliphatic heterocycles. The van der Waals surface area contributed by atoms with E-state index in [0.29, 0.717) is 18.2 Å². The SMILES string of the molecule is CN(C)c1nc(-c2ccc(NC(=O)CN(CC3CCCCC3)C(=O)OC(C)(C)C)cc2)cs1. The van der Waals surface area contributed by atoms with E-state index in [4.69, 9.17) is 4.74 Å².